The molecule has 144 valence electrons. The molecule has 0 aromatic carbocycles. The molecule has 0 bridgehead atoms. The van der Waals surface area contributed by atoms with Crippen molar-refractivity contribution in [2.24, 2.45) is 5.92 Å². The molecule has 0 aromatic heterocycles. The molecule has 7 nitrogen and oxygen atoms in total. The zero-order valence-electron chi connectivity index (χ0n) is 15.7. The van der Waals surface area contributed by atoms with Gasteiger partial charge in [0.25, 0.3) is 0 Å². The van der Waals surface area contributed by atoms with Crippen LogP contribution in [0.15, 0.2) is 36.5 Å². The van der Waals surface area contributed by atoms with Gasteiger partial charge in [-0.25, -0.2) is 14.4 Å². The fourth-order valence-corrected chi connectivity index (χ4v) is 2.20. The summed E-state index contributed by atoms with van der Waals surface area (Å²) >= 11 is 0. The maximum atomic E-state index is 12.0. The largest absolute Gasteiger partial charge is 0.459 e. The second-order valence-corrected chi connectivity index (χ2v) is 6.53. The summed E-state index contributed by atoms with van der Waals surface area (Å²) in [5.74, 6) is -2.08. The van der Waals surface area contributed by atoms with Gasteiger partial charge in [0.2, 0.25) is 0 Å². The van der Waals surface area contributed by atoms with E-state index in [1.807, 2.05) is 0 Å². The summed E-state index contributed by atoms with van der Waals surface area (Å²) in [5, 5.41) is 0. The monoisotopic (exact) mass is 366 g/mol. The van der Waals surface area contributed by atoms with Gasteiger partial charge < -0.3 is 18.9 Å². The van der Waals surface area contributed by atoms with E-state index in [4.69, 9.17) is 18.9 Å². The molecule has 4 atom stereocenters. The van der Waals surface area contributed by atoms with Crippen LogP contribution in [0.1, 0.15) is 27.7 Å². The highest BCUT2D eigenvalue weighted by Crippen LogP contribution is 2.27. The first kappa shape index (κ1) is 21.6. The highest BCUT2D eigenvalue weighted by atomic mass is 16.6. The Balaban J connectivity index is 3.01. The van der Waals surface area contributed by atoms with Crippen molar-refractivity contribution >= 4 is 17.9 Å². The normalized spacial score (nSPS) is 24.9. The fourth-order valence-electron chi connectivity index (χ4n) is 2.20. The molecule has 0 aliphatic carbocycles. The Morgan fingerprint density at radius 3 is 1.81 bits per heavy atom. The quantitative estimate of drug-likeness (QED) is 0.387. The first-order chi connectivity index (χ1) is 12.0. The minimum absolute atomic E-state index is 0.173. The van der Waals surface area contributed by atoms with E-state index in [1.165, 1.54) is 20.8 Å². The van der Waals surface area contributed by atoms with Crippen LogP contribution in [0.4, 0.5) is 0 Å². The van der Waals surface area contributed by atoms with Crippen LogP contribution in [0.2, 0.25) is 0 Å². The Bertz CT molecular complexity index is 619. The van der Waals surface area contributed by atoms with Crippen molar-refractivity contribution in [3.05, 3.63) is 36.5 Å². The zero-order chi connectivity index (χ0) is 20.0. The lowest BCUT2D eigenvalue weighted by atomic mass is 9.93. The Morgan fingerprint density at radius 1 is 0.885 bits per heavy atom. The van der Waals surface area contributed by atoms with Gasteiger partial charge in [-0.2, -0.15) is 0 Å². The van der Waals surface area contributed by atoms with E-state index in [2.05, 4.69) is 19.7 Å². The van der Waals surface area contributed by atoms with E-state index in [9.17, 15) is 14.4 Å². The van der Waals surface area contributed by atoms with Crippen LogP contribution in [0.5, 0.6) is 0 Å². The highest BCUT2D eigenvalue weighted by molar-refractivity contribution is 5.88. The van der Waals surface area contributed by atoms with Gasteiger partial charge in [-0.05, 0) is 20.8 Å². The molecule has 0 N–H and O–H groups in total. The van der Waals surface area contributed by atoms with Gasteiger partial charge in [0, 0.05) is 22.6 Å². The third-order valence-corrected chi connectivity index (χ3v) is 3.73. The molecule has 0 radical (unpaired) electrons. The van der Waals surface area contributed by atoms with Crippen molar-refractivity contribution in [3.8, 4) is 0 Å². The topological polar surface area (TPSA) is 88.1 Å². The summed E-state index contributed by atoms with van der Waals surface area (Å²) in [6, 6.07) is 0. The zero-order valence-corrected chi connectivity index (χ0v) is 15.7. The first-order valence-corrected chi connectivity index (χ1v) is 8.21. The molecule has 7 heteroatoms. The lowest BCUT2D eigenvalue weighted by Gasteiger charge is -2.40. The number of hydrogen-bond donors (Lipinski definition) is 0. The Morgan fingerprint density at radius 2 is 1.35 bits per heavy atom. The number of hydrogen-bond acceptors (Lipinski definition) is 7. The van der Waals surface area contributed by atoms with Crippen molar-refractivity contribution in [2.45, 2.75) is 46.0 Å². The molecule has 26 heavy (non-hydrogen) atoms. The predicted molar refractivity (Wildman–Crippen MR) is 94.1 cm³/mol. The lowest BCUT2D eigenvalue weighted by molar-refractivity contribution is -0.210. The highest BCUT2D eigenvalue weighted by Gasteiger charge is 2.44. The second-order valence-electron chi connectivity index (χ2n) is 6.53. The van der Waals surface area contributed by atoms with Crippen molar-refractivity contribution in [1.82, 2.24) is 0 Å². The van der Waals surface area contributed by atoms with Crippen molar-refractivity contribution in [1.29, 1.82) is 0 Å². The van der Waals surface area contributed by atoms with Crippen LogP contribution >= 0.6 is 0 Å². The van der Waals surface area contributed by atoms with Crippen molar-refractivity contribution in [2.75, 3.05) is 13.2 Å². The van der Waals surface area contributed by atoms with Gasteiger partial charge in [0.05, 0.1) is 6.61 Å². The molecule has 2 unspecified atom stereocenters. The molecule has 1 saturated heterocycles. The summed E-state index contributed by atoms with van der Waals surface area (Å²) in [5.41, 5.74) is 0.639. The van der Waals surface area contributed by atoms with Crippen LogP contribution in [-0.4, -0.2) is 49.4 Å². The van der Waals surface area contributed by atoms with Gasteiger partial charge in [-0.15, -0.1) is 0 Å². The number of esters is 3. The van der Waals surface area contributed by atoms with E-state index in [0.717, 1.165) is 0 Å². The molecular formula is C19H26O7. The lowest BCUT2D eigenvalue weighted by Crippen LogP contribution is -2.55. The summed E-state index contributed by atoms with van der Waals surface area (Å²) in [7, 11) is 0. The van der Waals surface area contributed by atoms with Gasteiger partial charge >= 0.3 is 17.9 Å². The fraction of sp³-hybridized carbons (Fsp3) is 0.526. The number of carbonyl (C=O) groups excluding carboxylic acids is 3. The summed E-state index contributed by atoms with van der Waals surface area (Å²) in [4.78, 5) is 35.6. The van der Waals surface area contributed by atoms with E-state index in [1.54, 1.807) is 6.92 Å². The minimum atomic E-state index is -0.954. The molecule has 0 amide bonds. The molecule has 0 spiro atoms. The number of carbonyl (C=O) groups is 3. The predicted octanol–water partition coefficient (Wildman–Crippen LogP) is 2.12. The average Bonchev–Trinajstić information content (AvgIpc) is 2.56. The van der Waals surface area contributed by atoms with Crippen LogP contribution in [0, 0.1) is 5.92 Å². The third kappa shape index (κ3) is 5.84. The SMILES string of the molecule is C=C(C)C(=O)OCC1OC[C@@H](C)[C@@H](OC(=O)C(=C)C)C1OC(=O)C(=C)C. The number of rotatable bonds is 7. The molecule has 0 saturated carbocycles. The molecule has 1 aliphatic heterocycles. The molecule has 1 fully saturated rings. The van der Waals surface area contributed by atoms with Crippen molar-refractivity contribution < 1.29 is 33.3 Å². The van der Waals surface area contributed by atoms with E-state index in [0.29, 0.717) is 0 Å². The summed E-state index contributed by atoms with van der Waals surface area (Å²) in [6.07, 6.45) is -2.52. The van der Waals surface area contributed by atoms with Gasteiger partial charge in [0.1, 0.15) is 18.8 Å². The maximum absolute atomic E-state index is 12.0. The summed E-state index contributed by atoms with van der Waals surface area (Å²) < 4.78 is 21.7. The standard InChI is InChI=1S/C19H26O7/c1-10(2)17(20)24-9-14-16(26-19(22)12(5)6)15(13(7)8-23-14)25-18(21)11(3)4/h13-16H,1,3,5,8-9H2,2,4,6-7H3/t13-,14?,15-,16?/m1/s1. The average molecular weight is 366 g/mol. The molecule has 1 rings (SSSR count). The van der Waals surface area contributed by atoms with Crippen LogP contribution in [0.3, 0.4) is 0 Å². The first-order valence-electron chi connectivity index (χ1n) is 8.21. The Hall–Kier alpha value is -2.41. The molecule has 1 heterocycles. The van der Waals surface area contributed by atoms with Crippen molar-refractivity contribution in [3.63, 3.8) is 0 Å². The minimum Gasteiger partial charge on any atom is -0.459 e. The van der Waals surface area contributed by atoms with Gasteiger partial charge in [-0.3, -0.25) is 0 Å². The molecular weight excluding hydrogens is 340 g/mol. The van der Waals surface area contributed by atoms with E-state index >= 15 is 0 Å². The second kappa shape index (κ2) is 9.33. The summed E-state index contributed by atoms with van der Waals surface area (Å²) in [6.45, 7) is 17.0. The maximum Gasteiger partial charge on any atom is 0.333 e. The smallest absolute Gasteiger partial charge is 0.333 e. The molecule has 1 aliphatic rings. The third-order valence-electron chi connectivity index (χ3n) is 3.73. The van der Waals surface area contributed by atoms with Gasteiger partial charge in [0.15, 0.2) is 6.10 Å². The Labute approximate surface area is 153 Å². The molecule has 0 aromatic rings. The Kier molecular flexibility index (Phi) is 7.76. The van der Waals surface area contributed by atoms with Crippen LogP contribution in [0.25, 0.3) is 0 Å². The van der Waals surface area contributed by atoms with Crippen LogP contribution in [-0.2, 0) is 33.3 Å². The van der Waals surface area contributed by atoms with E-state index < -0.39 is 36.2 Å². The number of ether oxygens (including phenoxy) is 4. The van der Waals surface area contributed by atoms with Gasteiger partial charge in [-0.1, -0.05) is 26.7 Å². The van der Waals surface area contributed by atoms with Crippen LogP contribution < -0.4 is 0 Å². The van der Waals surface area contributed by atoms with E-state index in [-0.39, 0.29) is 35.9 Å².